The lowest BCUT2D eigenvalue weighted by Gasteiger charge is -2.35. The lowest BCUT2D eigenvalue weighted by Crippen LogP contribution is -2.55. The first kappa shape index (κ1) is 30.8. The van der Waals surface area contributed by atoms with Gasteiger partial charge in [-0.1, -0.05) is 60.5 Å². The van der Waals surface area contributed by atoms with Crippen molar-refractivity contribution in [2.24, 2.45) is 5.92 Å². The number of rotatable bonds is 11. The Bertz CT molecular complexity index is 1510. The number of ether oxygens (including phenoxy) is 1. The Morgan fingerprint density at radius 3 is 2.09 bits per heavy atom. The van der Waals surface area contributed by atoms with Crippen LogP contribution in [0.3, 0.4) is 0 Å². The monoisotopic (exact) mass is 603 g/mol. The fourth-order valence-corrected chi connectivity index (χ4v) is 6.76. The van der Waals surface area contributed by atoms with Gasteiger partial charge in [0.05, 0.1) is 13.4 Å². The molecule has 5 rings (SSSR count). The summed E-state index contributed by atoms with van der Waals surface area (Å²) in [6, 6.07) is 23.1. The number of hydrogen-bond acceptors (Lipinski definition) is 5. The zero-order valence-corrected chi connectivity index (χ0v) is 26.0. The van der Waals surface area contributed by atoms with E-state index in [1.165, 1.54) is 21.7 Å². The van der Waals surface area contributed by atoms with Gasteiger partial charge >= 0.3 is 0 Å². The molecule has 1 aliphatic heterocycles. The molecule has 0 spiro atoms. The molecule has 1 saturated heterocycles. The van der Waals surface area contributed by atoms with Crippen LogP contribution in [-0.2, 0) is 14.8 Å². The largest absolute Gasteiger partial charge is 0.497 e. The second-order valence-corrected chi connectivity index (χ2v) is 13.7. The molecule has 228 valence electrons. The number of benzene rings is 3. The molecule has 8 nitrogen and oxygen atoms in total. The van der Waals surface area contributed by atoms with E-state index in [9.17, 15) is 18.0 Å². The Morgan fingerprint density at radius 1 is 0.907 bits per heavy atom. The Kier molecular flexibility index (Phi) is 9.52. The summed E-state index contributed by atoms with van der Waals surface area (Å²) in [6.07, 6.45) is 4.70. The Morgan fingerprint density at radius 2 is 1.51 bits per heavy atom. The molecule has 3 aromatic rings. The quantitative estimate of drug-likeness (QED) is 0.338. The minimum atomic E-state index is -3.31. The Hall–Kier alpha value is -3.69. The number of carbonyl (C=O) groups is 2. The van der Waals surface area contributed by atoms with Crippen molar-refractivity contribution in [2.75, 3.05) is 39.5 Å². The van der Waals surface area contributed by atoms with Gasteiger partial charge in [0, 0.05) is 31.7 Å². The highest BCUT2D eigenvalue weighted by Gasteiger charge is 2.38. The molecule has 1 heterocycles. The molecular formula is C34H41N3O5S. The van der Waals surface area contributed by atoms with Crippen molar-refractivity contribution < 1.29 is 22.7 Å². The van der Waals surface area contributed by atoms with Gasteiger partial charge in [0.1, 0.15) is 11.8 Å². The molecular weight excluding hydrogens is 562 g/mol. The molecule has 0 aromatic heterocycles. The van der Waals surface area contributed by atoms with E-state index in [0.717, 1.165) is 36.1 Å². The summed E-state index contributed by atoms with van der Waals surface area (Å²) in [5.41, 5.74) is 5.10. The van der Waals surface area contributed by atoms with Crippen molar-refractivity contribution >= 4 is 21.8 Å². The van der Waals surface area contributed by atoms with Crippen LogP contribution in [0.5, 0.6) is 5.75 Å². The number of methoxy groups -OCH3 is 1. The van der Waals surface area contributed by atoms with Gasteiger partial charge in [0.2, 0.25) is 15.9 Å². The van der Waals surface area contributed by atoms with Crippen LogP contribution < -0.4 is 10.1 Å². The van der Waals surface area contributed by atoms with E-state index in [-0.39, 0.29) is 24.9 Å². The highest BCUT2D eigenvalue weighted by Crippen LogP contribution is 2.50. The van der Waals surface area contributed by atoms with Crippen LogP contribution in [0.4, 0.5) is 0 Å². The predicted octanol–water partition coefficient (Wildman–Crippen LogP) is 4.85. The Labute approximate surface area is 255 Å². The predicted molar refractivity (Wildman–Crippen MR) is 169 cm³/mol. The third-order valence-corrected chi connectivity index (χ3v) is 9.99. The van der Waals surface area contributed by atoms with Gasteiger partial charge in [-0.3, -0.25) is 9.59 Å². The fourth-order valence-electron chi connectivity index (χ4n) is 5.93. The number of hydrogen-bond donors (Lipinski definition) is 1. The van der Waals surface area contributed by atoms with Crippen LogP contribution in [0, 0.1) is 12.8 Å². The van der Waals surface area contributed by atoms with E-state index in [1.54, 1.807) is 24.1 Å². The van der Waals surface area contributed by atoms with Gasteiger partial charge in [-0.25, -0.2) is 8.42 Å². The van der Waals surface area contributed by atoms with E-state index >= 15 is 0 Å². The summed E-state index contributed by atoms with van der Waals surface area (Å²) < 4.78 is 30.6. The van der Waals surface area contributed by atoms with Crippen molar-refractivity contribution in [3.05, 3.63) is 89.5 Å². The van der Waals surface area contributed by atoms with E-state index < -0.39 is 16.1 Å². The summed E-state index contributed by atoms with van der Waals surface area (Å²) in [7, 11) is -1.68. The van der Waals surface area contributed by atoms with Crippen LogP contribution in [-0.4, -0.2) is 75.0 Å². The van der Waals surface area contributed by atoms with E-state index in [4.69, 9.17) is 4.74 Å². The van der Waals surface area contributed by atoms with Crippen molar-refractivity contribution in [1.29, 1.82) is 0 Å². The topological polar surface area (TPSA) is 96.0 Å². The zero-order chi connectivity index (χ0) is 30.6. The van der Waals surface area contributed by atoms with E-state index in [2.05, 4.69) is 36.5 Å². The number of amides is 2. The number of carbonyl (C=O) groups excluding carboxylic acids is 2. The van der Waals surface area contributed by atoms with Gasteiger partial charge in [-0.05, 0) is 79.0 Å². The van der Waals surface area contributed by atoms with Crippen molar-refractivity contribution in [2.45, 2.75) is 44.6 Å². The van der Waals surface area contributed by atoms with Crippen LogP contribution >= 0.6 is 0 Å². The highest BCUT2D eigenvalue weighted by atomic mass is 32.2. The van der Waals surface area contributed by atoms with Gasteiger partial charge in [-0.15, -0.1) is 0 Å². The SMILES string of the molecule is COc1ccc(-c2ccc(C(=O)N[C@@H](CCC[C@H]3C[C@@H]3c3ccc(C)cc3)C(=O)N3CCN(S(C)(=O)=O)CC3)cc2)cc1. The maximum atomic E-state index is 13.7. The van der Waals surface area contributed by atoms with Crippen molar-refractivity contribution in [3.63, 3.8) is 0 Å². The minimum absolute atomic E-state index is 0.151. The Balaban J connectivity index is 1.22. The first-order valence-corrected chi connectivity index (χ1v) is 16.8. The van der Waals surface area contributed by atoms with Gasteiger partial charge in [0.15, 0.2) is 0 Å². The number of aryl methyl sites for hydroxylation is 1. The molecule has 0 unspecified atom stereocenters. The summed E-state index contributed by atoms with van der Waals surface area (Å²) in [5.74, 6) is 1.50. The van der Waals surface area contributed by atoms with Gasteiger partial charge in [0.25, 0.3) is 5.91 Å². The normalized spacial score (nSPS) is 19.5. The molecule has 2 amide bonds. The molecule has 2 fully saturated rings. The average molecular weight is 604 g/mol. The summed E-state index contributed by atoms with van der Waals surface area (Å²) in [4.78, 5) is 28.7. The maximum absolute atomic E-state index is 13.7. The molecule has 43 heavy (non-hydrogen) atoms. The smallest absolute Gasteiger partial charge is 0.251 e. The van der Waals surface area contributed by atoms with Gasteiger partial charge in [-0.2, -0.15) is 4.31 Å². The number of nitrogens with zero attached hydrogens (tertiary/aromatic N) is 2. The van der Waals surface area contributed by atoms with E-state index in [0.29, 0.717) is 36.9 Å². The summed E-state index contributed by atoms with van der Waals surface area (Å²) >= 11 is 0. The first-order chi connectivity index (χ1) is 20.6. The third-order valence-electron chi connectivity index (χ3n) is 8.69. The summed E-state index contributed by atoms with van der Waals surface area (Å²) in [6.45, 7) is 3.24. The first-order valence-electron chi connectivity index (χ1n) is 15.0. The lowest BCUT2D eigenvalue weighted by atomic mass is 10.0. The van der Waals surface area contributed by atoms with Crippen molar-refractivity contribution in [1.82, 2.24) is 14.5 Å². The molecule has 1 aliphatic carbocycles. The highest BCUT2D eigenvalue weighted by molar-refractivity contribution is 7.88. The minimum Gasteiger partial charge on any atom is -0.497 e. The fraction of sp³-hybridized carbons (Fsp3) is 0.412. The van der Waals surface area contributed by atoms with Crippen LogP contribution in [0.2, 0.25) is 0 Å². The number of piperazine rings is 1. The number of nitrogens with one attached hydrogen (secondary N) is 1. The standard InChI is InChI=1S/C34H41N3O5S/c1-24-7-9-27(10-8-24)31-23-29(31)5-4-6-32(34(39)36-19-21-37(22-20-36)43(3,40)41)35-33(38)28-13-11-25(12-14-28)26-15-17-30(42-2)18-16-26/h7-18,29,31-32H,4-6,19-23H2,1-3H3,(H,35,38)/t29-,31+,32-/m0/s1. The summed E-state index contributed by atoms with van der Waals surface area (Å²) in [5, 5.41) is 3.01. The number of sulfonamides is 1. The molecule has 9 heteroatoms. The van der Waals surface area contributed by atoms with Crippen molar-refractivity contribution in [3.8, 4) is 16.9 Å². The van der Waals surface area contributed by atoms with Gasteiger partial charge < -0.3 is 15.0 Å². The van der Waals surface area contributed by atoms with E-state index in [1.807, 2.05) is 36.4 Å². The molecule has 1 N–H and O–H groups in total. The maximum Gasteiger partial charge on any atom is 0.251 e. The molecule has 1 saturated carbocycles. The molecule has 0 bridgehead atoms. The van der Waals surface area contributed by atoms with Crippen LogP contribution in [0.25, 0.3) is 11.1 Å². The van der Waals surface area contributed by atoms with Crippen LogP contribution in [0.1, 0.15) is 53.1 Å². The molecule has 3 aromatic carbocycles. The molecule has 0 radical (unpaired) electrons. The average Bonchev–Trinajstić information content (AvgIpc) is 3.79. The third kappa shape index (κ3) is 7.83. The second kappa shape index (κ2) is 13.3. The lowest BCUT2D eigenvalue weighted by molar-refractivity contribution is -0.134. The zero-order valence-electron chi connectivity index (χ0n) is 25.2. The van der Waals surface area contributed by atoms with Crippen LogP contribution in [0.15, 0.2) is 72.8 Å². The molecule has 3 atom stereocenters. The molecule has 2 aliphatic rings. The second-order valence-electron chi connectivity index (χ2n) is 11.8.